The minimum absolute atomic E-state index is 0.0188. The summed E-state index contributed by atoms with van der Waals surface area (Å²) in [5.41, 5.74) is 2.31. The van der Waals surface area contributed by atoms with E-state index in [-0.39, 0.29) is 5.56 Å². The first-order valence-corrected chi connectivity index (χ1v) is 11.2. The fourth-order valence-corrected chi connectivity index (χ4v) is 4.01. The third-order valence-electron chi connectivity index (χ3n) is 5.87. The van der Waals surface area contributed by atoms with E-state index in [0.29, 0.717) is 11.3 Å². The fraction of sp³-hybridized carbons (Fsp3) is 0.360. The molecule has 0 unspecified atom stereocenters. The molecule has 0 fully saturated rings. The van der Waals surface area contributed by atoms with Crippen LogP contribution in [-0.2, 0) is 12.5 Å². The second-order valence-electron chi connectivity index (χ2n) is 8.46. The van der Waals surface area contributed by atoms with Gasteiger partial charge < -0.3 is 19.7 Å². The molecule has 0 bridgehead atoms. The van der Waals surface area contributed by atoms with Crippen LogP contribution in [0.3, 0.4) is 0 Å². The number of anilines is 2. The zero-order valence-corrected chi connectivity index (χ0v) is 19.1. The molecule has 0 atom stereocenters. The molecule has 174 valence electrons. The maximum atomic E-state index is 13.9. The monoisotopic (exact) mass is 452 g/mol. The minimum atomic E-state index is -2.90. The second-order valence-corrected chi connectivity index (χ2v) is 8.46. The summed E-state index contributed by atoms with van der Waals surface area (Å²) in [6.07, 6.45) is 7.42. The predicted molar refractivity (Wildman–Crippen MR) is 128 cm³/mol. The van der Waals surface area contributed by atoms with Gasteiger partial charge in [-0.25, -0.2) is 18.7 Å². The van der Waals surface area contributed by atoms with E-state index in [1.54, 1.807) is 12.3 Å². The molecule has 1 aliphatic rings. The van der Waals surface area contributed by atoms with Crippen LogP contribution in [0.25, 0.3) is 11.3 Å². The third-order valence-corrected chi connectivity index (χ3v) is 5.87. The summed E-state index contributed by atoms with van der Waals surface area (Å²) in [5, 5.41) is 3.43. The van der Waals surface area contributed by atoms with Gasteiger partial charge in [-0.15, -0.1) is 0 Å². The van der Waals surface area contributed by atoms with Gasteiger partial charge in [0, 0.05) is 63.7 Å². The number of aryl methyl sites for hydroxylation is 1. The van der Waals surface area contributed by atoms with Crippen LogP contribution in [0.2, 0.25) is 0 Å². The Bertz CT molecular complexity index is 1090. The van der Waals surface area contributed by atoms with Crippen molar-refractivity contribution in [1.82, 2.24) is 19.9 Å². The van der Waals surface area contributed by atoms with E-state index in [0.717, 1.165) is 63.3 Å². The van der Waals surface area contributed by atoms with E-state index in [4.69, 9.17) is 4.98 Å². The van der Waals surface area contributed by atoms with Crippen LogP contribution in [0.15, 0.2) is 67.5 Å². The van der Waals surface area contributed by atoms with Crippen molar-refractivity contribution < 1.29 is 8.78 Å². The number of fused-ring (bicyclic) bond motifs is 1. The van der Waals surface area contributed by atoms with E-state index in [2.05, 4.69) is 26.7 Å². The van der Waals surface area contributed by atoms with Gasteiger partial charge in [0.25, 0.3) is 5.92 Å². The number of nitrogens with zero attached hydrogens (tertiary/aromatic N) is 5. The molecular formula is C25H30F2N6. The number of imidazole rings is 1. The lowest BCUT2D eigenvalue weighted by Gasteiger charge is -2.27. The highest BCUT2D eigenvalue weighted by Crippen LogP contribution is 2.35. The molecule has 0 saturated carbocycles. The van der Waals surface area contributed by atoms with Gasteiger partial charge in [-0.2, -0.15) is 0 Å². The van der Waals surface area contributed by atoms with Crippen molar-refractivity contribution in [2.45, 2.75) is 32.2 Å². The van der Waals surface area contributed by atoms with Crippen LogP contribution in [-0.4, -0.2) is 41.2 Å². The van der Waals surface area contributed by atoms with Crippen LogP contribution < -0.4 is 15.1 Å². The Morgan fingerprint density at radius 1 is 1.21 bits per heavy atom. The molecule has 1 aromatic carbocycles. The Hall–Kier alpha value is -3.42. The first-order valence-electron chi connectivity index (χ1n) is 11.2. The highest BCUT2D eigenvalue weighted by atomic mass is 19.3. The number of rotatable bonds is 8. The average molecular weight is 453 g/mol. The molecule has 6 nitrogen and oxygen atoms in total. The molecule has 0 spiro atoms. The maximum Gasteiger partial charge on any atom is 0.270 e. The summed E-state index contributed by atoms with van der Waals surface area (Å²) >= 11 is 0. The van der Waals surface area contributed by atoms with E-state index >= 15 is 0 Å². The topological polar surface area (TPSA) is 49.2 Å². The lowest BCUT2D eigenvalue weighted by Crippen LogP contribution is -2.33. The van der Waals surface area contributed by atoms with Gasteiger partial charge in [0.2, 0.25) is 0 Å². The van der Waals surface area contributed by atoms with Gasteiger partial charge in [-0.05, 0) is 31.0 Å². The van der Waals surface area contributed by atoms with Gasteiger partial charge in [-0.1, -0.05) is 24.8 Å². The van der Waals surface area contributed by atoms with Crippen molar-refractivity contribution in [3.8, 4) is 11.3 Å². The van der Waals surface area contributed by atoms with Crippen molar-refractivity contribution in [3.05, 3.63) is 73.1 Å². The lowest BCUT2D eigenvalue weighted by atomic mass is 10.0. The van der Waals surface area contributed by atoms with Gasteiger partial charge in [0.1, 0.15) is 0 Å². The smallest absolute Gasteiger partial charge is 0.270 e. The van der Waals surface area contributed by atoms with Gasteiger partial charge in [-0.3, -0.25) is 0 Å². The molecule has 33 heavy (non-hydrogen) atoms. The van der Waals surface area contributed by atoms with Crippen LogP contribution in [0.1, 0.15) is 25.3 Å². The molecule has 8 heteroatoms. The molecule has 1 aliphatic heterocycles. The molecule has 1 N–H and O–H groups in total. The molecule has 0 saturated heterocycles. The Morgan fingerprint density at radius 3 is 2.82 bits per heavy atom. The number of halogens is 2. The molecular weight excluding hydrogens is 422 g/mol. The molecule has 4 rings (SSSR count). The quantitative estimate of drug-likeness (QED) is 0.495. The SMILES string of the molecule is C=C(NCCCn1ccnc1)N1CCCN(C)c2ccc(-c3cccc(C(C)(F)F)c3)nc21. The summed E-state index contributed by atoms with van der Waals surface area (Å²) in [7, 11) is 2.04. The summed E-state index contributed by atoms with van der Waals surface area (Å²) in [6.45, 7) is 8.49. The standard InChI is InChI=1S/C25H30F2N6/c1-19(29-11-5-14-32-16-12-28-18-32)33-15-6-13-31(3)23-10-9-22(30-24(23)33)20-7-4-8-21(17-20)25(2,26)27/h4,7-10,12,16-18,29H,1,5-6,11,13-15H2,2-3H3. The molecule has 0 aliphatic carbocycles. The lowest BCUT2D eigenvalue weighted by molar-refractivity contribution is 0.0175. The van der Waals surface area contributed by atoms with Crippen molar-refractivity contribution in [1.29, 1.82) is 0 Å². The highest BCUT2D eigenvalue weighted by molar-refractivity contribution is 5.74. The van der Waals surface area contributed by atoms with E-state index in [1.807, 2.05) is 42.3 Å². The minimum Gasteiger partial charge on any atom is -0.372 e. The predicted octanol–water partition coefficient (Wildman–Crippen LogP) is 4.85. The number of hydrogen-bond acceptors (Lipinski definition) is 5. The number of hydrogen-bond donors (Lipinski definition) is 1. The molecule has 0 amide bonds. The van der Waals surface area contributed by atoms with Gasteiger partial charge in [0.15, 0.2) is 5.82 Å². The van der Waals surface area contributed by atoms with Crippen molar-refractivity contribution in [2.24, 2.45) is 0 Å². The molecule has 2 aromatic heterocycles. The normalized spacial score (nSPS) is 14.1. The molecule has 0 radical (unpaired) electrons. The Morgan fingerprint density at radius 2 is 2.06 bits per heavy atom. The fourth-order valence-electron chi connectivity index (χ4n) is 4.01. The molecule has 3 heterocycles. The number of aromatic nitrogens is 3. The van der Waals surface area contributed by atoms with Crippen molar-refractivity contribution in [3.63, 3.8) is 0 Å². The highest BCUT2D eigenvalue weighted by Gasteiger charge is 2.26. The first-order chi connectivity index (χ1) is 15.8. The van der Waals surface area contributed by atoms with Gasteiger partial charge >= 0.3 is 0 Å². The summed E-state index contributed by atoms with van der Waals surface area (Å²) in [5.74, 6) is -1.33. The number of nitrogens with one attached hydrogen (secondary N) is 1. The zero-order chi connectivity index (χ0) is 23.4. The van der Waals surface area contributed by atoms with Crippen LogP contribution in [0, 0.1) is 0 Å². The van der Waals surface area contributed by atoms with Crippen molar-refractivity contribution in [2.75, 3.05) is 36.5 Å². The second kappa shape index (κ2) is 9.60. The largest absolute Gasteiger partial charge is 0.372 e. The summed E-state index contributed by atoms with van der Waals surface area (Å²) < 4.78 is 29.8. The van der Waals surface area contributed by atoms with Crippen molar-refractivity contribution >= 4 is 11.5 Å². The summed E-state index contributed by atoms with van der Waals surface area (Å²) in [4.78, 5) is 13.3. The number of benzene rings is 1. The number of pyridine rings is 1. The van der Waals surface area contributed by atoms with E-state index in [1.165, 1.54) is 12.1 Å². The van der Waals surface area contributed by atoms with Crippen LogP contribution in [0.4, 0.5) is 20.3 Å². The zero-order valence-electron chi connectivity index (χ0n) is 19.1. The Labute approximate surface area is 193 Å². The first kappa shape index (κ1) is 22.8. The Kier molecular flexibility index (Phi) is 6.62. The maximum absolute atomic E-state index is 13.9. The number of alkyl halides is 2. The van der Waals surface area contributed by atoms with E-state index in [9.17, 15) is 8.78 Å². The average Bonchev–Trinajstić information content (AvgIpc) is 3.26. The van der Waals surface area contributed by atoms with Crippen LogP contribution >= 0.6 is 0 Å². The van der Waals surface area contributed by atoms with Gasteiger partial charge in [0.05, 0.1) is 23.5 Å². The van der Waals surface area contributed by atoms with Crippen LogP contribution in [0.5, 0.6) is 0 Å². The molecule has 3 aromatic rings. The summed E-state index contributed by atoms with van der Waals surface area (Å²) in [6, 6.07) is 10.3. The third kappa shape index (κ3) is 5.32. The van der Waals surface area contributed by atoms with E-state index < -0.39 is 5.92 Å². The Balaban J connectivity index is 1.56.